The molecule has 0 bridgehead atoms. The van der Waals surface area contributed by atoms with Crippen molar-refractivity contribution in [2.45, 2.75) is 18.8 Å². The van der Waals surface area contributed by atoms with Crippen LogP contribution in [0.4, 0.5) is 5.69 Å². The van der Waals surface area contributed by atoms with Gasteiger partial charge in [0.15, 0.2) is 0 Å². The highest BCUT2D eigenvalue weighted by atomic mass is 16.2. The van der Waals surface area contributed by atoms with Crippen molar-refractivity contribution in [1.82, 2.24) is 29.9 Å². The lowest BCUT2D eigenvalue weighted by Gasteiger charge is -2.23. The zero-order valence-electron chi connectivity index (χ0n) is 15.6. The number of hydrogen-bond donors (Lipinski definition) is 3. The monoisotopic (exact) mass is 389 g/mol. The SMILES string of the molecule is O=C(Nc1cccc2nn3c(C4CCNCC4)cc(=O)[nH]c3c12)c1cnccn1. The van der Waals surface area contributed by atoms with Crippen molar-refractivity contribution in [3.8, 4) is 0 Å². The lowest BCUT2D eigenvalue weighted by molar-refractivity contribution is 0.102. The summed E-state index contributed by atoms with van der Waals surface area (Å²) in [6, 6.07) is 7.11. The fraction of sp³-hybridized carbons (Fsp3) is 0.250. The second-order valence-electron chi connectivity index (χ2n) is 7.09. The van der Waals surface area contributed by atoms with Crippen LogP contribution in [0.15, 0.2) is 47.7 Å². The van der Waals surface area contributed by atoms with Crippen LogP contribution in [0.3, 0.4) is 0 Å². The number of nitrogens with one attached hydrogen (secondary N) is 3. The van der Waals surface area contributed by atoms with Gasteiger partial charge >= 0.3 is 0 Å². The van der Waals surface area contributed by atoms with E-state index < -0.39 is 0 Å². The van der Waals surface area contributed by atoms with Crippen molar-refractivity contribution < 1.29 is 4.79 Å². The lowest BCUT2D eigenvalue weighted by Crippen LogP contribution is -2.28. The van der Waals surface area contributed by atoms with Crippen LogP contribution in [0.25, 0.3) is 16.6 Å². The zero-order valence-corrected chi connectivity index (χ0v) is 15.6. The van der Waals surface area contributed by atoms with Crippen LogP contribution in [0.1, 0.15) is 34.9 Å². The Morgan fingerprint density at radius 2 is 2.07 bits per heavy atom. The van der Waals surface area contributed by atoms with Crippen LogP contribution in [0.2, 0.25) is 0 Å². The number of carbonyl (C=O) groups excluding carboxylic acids is 1. The fourth-order valence-corrected chi connectivity index (χ4v) is 3.90. The van der Waals surface area contributed by atoms with E-state index in [1.54, 1.807) is 16.6 Å². The summed E-state index contributed by atoms with van der Waals surface area (Å²) in [4.78, 5) is 35.9. The molecular weight excluding hydrogens is 370 g/mol. The van der Waals surface area contributed by atoms with Crippen LogP contribution in [-0.4, -0.2) is 43.6 Å². The van der Waals surface area contributed by atoms with Gasteiger partial charge in [-0.2, -0.15) is 5.10 Å². The van der Waals surface area contributed by atoms with E-state index in [0.717, 1.165) is 31.6 Å². The standard InChI is InChI=1S/C20H19N7O2/c28-17-10-16(12-4-6-21-7-5-12)27-19(25-17)18-13(2-1-3-14(18)26-27)24-20(29)15-11-22-8-9-23-15/h1-3,8-12,21H,4-7H2,(H,24,29)(H,25,28). The smallest absolute Gasteiger partial charge is 0.275 e. The first-order valence-electron chi connectivity index (χ1n) is 9.53. The molecule has 29 heavy (non-hydrogen) atoms. The first-order valence-corrected chi connectivity index (χ1v) is 9.53. The van der Waals surface area contributed by atoms with Crippen LogP contribution in [-0.2, 0) is 0 Å². The molecule has 1 saturated heterocycles. The van der Waals surface area contributed by atoms with Gasteiger partial charge in [-0.3, -0.25) is 14.6 Å². The van der Waals surface area contributed by atoms with Crippen LogP contribution >= 0.6 is 0 Å². The van der Waals surface area contributed by atoms with Gasteiger partial charge in [-0.05, 0) is 38.1 Å². The molecule has 5 rings (SSSR count). The third-order valence-corrected chi connectivity index (χ3v) is 5.27. The summed E-state index contributed by atoms with van der Waals surface area (Å²) in [5.74, 6) is -0.116. The maximum absolute atomic E-state index is 12.6. The molecule has 146 valence electrons. The Kier molecular flexibility index (Phi) is 4.28. The van der Waals surface area contributed by atoms with Crippen molar-refractivity contribution in [3.05, 3.63) is 64.6 Å². The van der Waals surface area contributed by atoms with Gasteiger partial charge in [-0.1, -0.05) is 6.07 Å². The molecular formula is C20H19N7O2. The average Bonchev–Trinajstić information content (AvgIpc) is 3.14. The highest BCUT2D eigenvalue weighted by Crippen LogP contribution is 2.30. The largest absolute Gasteiger partial charge is 0.320 e. The van der Waals surface area contributed by atoms with E-state index in [1.807, 2.05) is 12.1 Å². The van der Waals surface area contributed by atoms with Crippen molar-refractivity contribution in [2.24, 2.45) is 0 Å². The predicted molar refractivity (Wildman–Crippen MR) is 108 cm³/mol. The number of aromatic amines is 1. The average molecular weight is 389 g/mol. The highest BCUT2D eigenvalue weighted by Gasteiger charge is 2.22. The fourth-order valence-electron chi connectivity index (χ4n) is 3.90. The number of benzene rings is 1. The Balaban J connectivity index is 1.65. The molecule has 1 aromatic carbocycles. The molecule has 0 unspecified atom stereocenters. The van der Waals surface area contributed by atoms with Crippen molar-refractivity contribution in [2.75, 3.05) is 18.4 Å². The maximum Gasteiger partial charge on any atom is 0.275 e. The van der Waals surface area contributed by atoms with Gasteiger partial charge < -0.3 is 15.6 Å². The van der Waals surface area contributed by atoms with Gasteiger partial charge in [0.05, 0.1) is 28.5 Å². The molecule has 0 spiro atoms. The molecule has 1 aliphatic heterocycles. The third kappa shape index (κ3) is 3.15. The zero-order chi connectivity index (χ0) is 19.8. The van der Waals surface area contributed by atoms with Gasteiger partial charge in [-0.25, -0.2) is 9.50 Å². The number of piperidine rings is 1. The lowest BCUT2D eigenvalue weighted by atomic mass is 9.94. The van der Waals surface area contributed by atoms with Gasteiger partial charge in [0.2, 0.25) is 0 Å². The molecule has 0 atom stereocenters. The minimum absolute atomic E-state index is 0.178. The van der Waals surface area contributed by atoms with Crippen LogP contribution < -0.4 is 16.2 Å². The maximum atomic E-state index is 12.6. The van der Waals surface area contributed by atoms with E-state index in [4.69, 9.17) is 5.10 Å². The first kappa shape index (κ1) is 17.5. The molecule has 9 heteroatoms. The van der Waals surface area contributed by atoms with E-state index >= 15 is 0 Å². The summed E-state index contributed by atoms with van der Waals surface area (Å²) in [7, 11) is 0. The molecule has 0 radical (unpaired) electrons. The normalized spacial score (nSPS) is 15.0. The summed E-state index contributed by atoms with van der Waals surface area (Å²) in [5.41, 5.74) is 2.77. The predicted octanol–water partition coefficient (Wildman–Crippen LogP) is 1.69. The van der Waals surface area contributed by atoms with Crippen molar-refractivity contribution >= 4 is 28.1 Å². The van der Waals surface area contributed by atoms with Gasteiger partial charge in [0.25, 0.3) is 11.5 Å². The van der Waals surface area contributed by atoms with E-state index in [1.165, 1.54) is 18.6 Å². The van der Waals surface area contributed by atoms with Gasteiger partial charge in [0.1, 0.15) is 11.3 Å². The van der Waals surface area contributed by atoms with Crippen LogP contribution in [0, 0.1) is 0 Å². The third-order valence-electron chi connectivity index (χ3n) is 5.27. The summed E-state index contributed by atoms with van der Waals surface area (Å²) < 4.78 is 1.81. The van der Waals surface area contributed by atoms with E-state index in [-0.39, 0.29) is 23.1 Å². The summed E-state index contributed by atoms with van der Waals surface area (Å²) in [6.45, 7) is 1.83. The van der Waals surface area contributed by atoms with E-state index in [0.29, 0.717) is 22.2 Å². The molecule has 0 aliphatic carbocycles. The molecule has 3 aromatic heterocycles. The number of fused-ring (bicyclic) bond motifs is 3. The molecule has 1 amide bonds. The number of rotatable bonds is 3. The Labute approximate surface area is 165 Å². The second kappa shape index (κ2) is 7.10. The molecule has 3 N–H and O–H groups in total. The Morgan fingerprint density at radius 1 is 1.21 bits per heavy atom. The first-order chi connectivity index (χ1) is 14.2. The number of anilines is 1. The van der Waals surface area contributed by atoms with E-state index in [9.17, 15) is 9.59 Å². The number of nitrogens with zero attached hydrogens (tertiary/aromatic N) is 4. The highest BCUT2D eigenvalue weighted by molar-refractivity contribution is 6.11. The Hall–Kier alpha value is -3.59. The topological polar surface area (TPSA) is 117 Å². The number of H-pyrrole nitrogens is 1. The summed E-state index contributed by atoms with van der Waals surface area (Å²) in [6.07, 6.45) is 6.28. The number of aromatic nitrogens is 5. The Bertz CT molecular complexity index is 1260. The van der Waals surface area contributed by atoms with E-state index in [2.05, 4.69) is 25.6 Å². The minimum Gasteiger partial charge on any atom is -0.320 e. The number of carbonyl (C=O) groups is 1. The number of amides is 1. The minimum atomic E-state index is -0.373. The van der Waals surface area contributed by atoms with Gasteiger partial charge in [-0.15, -0.1) is 0 Å². The Morgan fingerprint density at radius 3 is 2.86 bits per heavy atom. The quantitative estimate of drug-likeness (QED) is 0.491. The molecule has 9 nitrogen and oxygen atoms in total. The molecule has 0 saturated carbocycles. The molecule has 1 aliphatic rings. The van der Waals surface area contributed by atoms with Crippen LogP contribution in [0.5, 0.6) is 0 Å². The van der Waals surface area contributed by atoms with Crippen molar-refractivity contribution in [3.63, 3.8) is 0 Å². The van der Waals surface area contributed by atoms with Crippen molar-refractivity contribution in [1.29, 1.82) is 0 Å². The number of hydrogen-bond acceptors (Lipinski definition) is 6. The molecule has 4 heterocycles. The summed E-state index contributed by atoms with van der Waals surface area (Å²) >= 11 is 0. The summed E-state index contributed by atoms with van der Waals surface area (Å²) in [5, 5.41) is 11.6. The molecule has 4 aromatic rings. The van der Waals surface area contributed by atoms with Gasteiger partial charge in [0, 0.05) is 24.4 Å². The second-order valence-corrected chi connectivity index (χ2v) is 7.09. The molecule has 1 fully saturated rings.